The van der Waals surface area contributed by atoms with Crippen LogP contribution in [-0.4, -0.2) is 0 Å². The first-order valence-corrected chi connectivity index (χ1v) is 22.1. The molecule has 0 aromatic heterocycles. The SMILES string of the molecule is CC1(C)c2ccccc2-c2cc(N(c3ccc(-c4ccc(-c5ccccc5)cc4)cc3)c3cc4c5c(cccc5c3)-c3cccc(N(c5ccccc5)c5ccccc5)c3O4)ccc21. The highest BCUT2D eigenvalue weighted by molar-refractivity contribution is 6.08. The molecule has 64 heavy (non-hydrogen) atoms. The standard InChI is InChI=1S/C61H44N2O/c1-61(2)55-26-13-12-23-51(55)54-39-49(36-37-56(54)61)62(48-34-32-44(33-35-48)43-30-28-42(29-31-43)41-16-6-3-7-17-41)50-38-45-18-14-24-52-53-25-15-27-57(60(53)64-58(40-50)59(45)52)63(46-19-8-4-9-20-46)47-21-10-5-11-22-47/h3-40H,1-2H3. The highest BCUT2D eigenvalue weighted by Crippen LogP contribution is 2.55. The van der Waals surface area contributed by atoms with Gasteiger partial charge in [-0.2, -0.15) is 0 Å². The Labute approximate surface area is 374 Å². The minimum atomic E-state index is -0.0944. The van der Waals surface area contributed by atoms with Gasteiger partial charge in [-0.1, -0.05) is 178 Å². The molecule has 0 saturated carbocycles. The van der Waals surface area contributed by atoms with Crippen LogP contribution in [0.25, 0.3) is 55.3 Å². The van der Waals surface area contributed by atoms with Gasteiger partial charge >= 0.3 is 0 Å². The number of hydrogen-bond acceptors (Lipinski definition) is 3. The maximum atomic E-state index is 7.27. The van der Waals surface area contributed by atoms with Crippen LogP contribution in [0, 0.1) is 0 Å². The third-order valence-corrected chi connectivity index (χ3v) is 13.2. The van der Waals surface area contributed by atoms with Crippen LogP contribution in [0.2, 0.25) is 0 Å². The first-order valence-electron chi connectivity index (χ1n) is 22.1. The van der Waals surface area contributed by atoms with E-state index in [-0.39, 0.29) is 5.41 Å². The fourth-order valence-corrected chi connectivity index (χ4v) is 10.1. The van der Waals surface area contributed by atoms with Crippen molar-refractivity contribution in [2.75, 3.05) is 9.80 Å². The Morgan fingerprint density at radius 3 is 1.55 bits per heavy atom. The molecule has 0 bridgehead atoms. The van der Waals surface area contributed by atoms with Gasteiger partial charge in [-0.15, -0.1) is 0 Å². The summed E-state index contributed by atoms with van der Waals surface area (Å²) in [6, 6.07) is 83.1. The predicted octanol–water partition coefficient (Wildman–Crippen LogP) is 17.2. The summed E-state index contributed by atoms with van der Waals surface area (Å²) >= 11 is 0. The predicted molar refractivity (Wildman–Crippen MR) is 267 cm³/mol. The number of hydrogen-bond donors (Lipinski definition) is 0. The lowest BCUT2D eigenvalue weighted by atomic mass is 9.82. The number of benzene rings is 10. The highest BCUT2D eigenvalue weighted by atomic mass is 16.5. The van der Waals surface area contributed by atoms with Crippen LogP contribution in [0.5, 0.6) is 11.5 Å². The summed E-state index contributed by atoms with van der Waals surface area (Å²) in [7, 11) is 0. The van der Waals surface area contributed by atoms with E-state index in [9.17, 15) is 0 Å². The second-order valence-corrected chi connectivity index (χ2v) is 17.3. The van der Waals surface area contributed by atoms with E-state index in [1.807, 2.05) is 0 Å². The molecule has 10 aromatic carbocycles. The average molecular weight is 821 g/mol. The molecular weight excluding hydrogens is 777 g/mol. The second-order valence-electron chi connectivity index (χ2n) is 17.3. The Balaban J connectivity index is 1.01. The van der Waals surface area contributed by atoms with Crippen LogP contribution < -0.4 is 14.5 Å². The van der Waals surface area contributed by atoms with Crippen molar-refractivity contribution < 1.29 is 4.74 Å². The van der Waals surface area contributed by atoms with Gasteiger partial charge in [-0.25, -0.2) is 0 Å². The van der Waals surface area contributed by atoms with Gasteiger partial charge in [-0.3, -0.25) is 0 Å². The van der Waals surface area contributed by atoms with Gasteiger partial charge in [0.15, 0.2) is 5.75 Å². The number of anilines is 6. The Morgan fingerprint density at radius 1 is 0.344 bits per heavy atom. The molecule has 3 nitrogen and oxygen atoms in total. The van der Waals surface area contributed by atoms with Crippen LogP contribution in [0.3, 0.4) is 0 Å². The van der Waals surface area contributed by atoms with Crippen LogP contribution in [-0.2, 0) is 5.41 Å². The van der Waals surface area contributed by atoms with Crippen molar-refractivity contribution >= 4 is 44.9 Å². The van der Waals surface area contributed by atoms with Crippen LogP contribution >= 0.6 is 0 Å². The second kappa shape index (κ2) is 15.0. The molecule has 304 valence electrons. The molecule has 0 fully saturated rings. The van der Waals surface area contributed by atoms with Crippen molar-refractivity contribution in [3.63, 3.8) is 0 Å². The van der Waals surface area contributed by atoms with E-state index in [4.69, 9.17) is 4.74 Å². The Bertz CT molecular complexity index is 3320. The van der Waals surface area contributed by atoms with Gasteiger partial charge < -0.3 is 14.5 Å². The number of ether oxygens (including phenoxy) is 1. The molecular formula is C61H44N2O. The summed E-state index contributed by atoms with van der Waals surface area (Å²) in [6.07, 6.45) is 0. The van der Waals surface area contributed by atoms with Crippen molar-refractivity contribution in [2.45, 2.75) is 19.3 Å². The lowest BCUT2D eigenvalue weighted by Crippen LogP contribution is -2.15. The topological polar surface area (TPSA) is 15.7 Å². The third-order valence-electron chi connectivity index (χ3n) is 13.2. The molecule has 0 spiro atoms. The van der Waals surface area contributed by atoms with E-state index in [2.05, 4.69) is 254 Å². The number of fused-ring (bicyclic) bond motifs is 5. The number of rotatable bonds is 8. The monoisotopic (exact) mass is 820 g/mol. The molecule has 1 aliphatic carbocycles. The summed E-state index contributed by atoms with van der Waals surface area (Å²) in [4.78, 5) is 4.69. The van der Waals surface area contributed by atoms with Gasteiger partial charge in [0.1, 0.15) is 5.75 Å². The lowest BCUT2D eigenvalue weighted by molar-refractivity contribution is 0.488. The Morgan fingerprint density at radius 2 is 0.859 bits per heavy atom. The van der Waals surface area contributed by atoms with Crippen LogP contribution in [0.15, 0.2) is 231 Å². The summed E-state index contributed by atoms with van der Waals surface area (Å²) in [5, 5.41) is 2.23. The zero-order valence-corrected chi connectivity index (χ0v) is 35.7. The minimum Gasteiger partial charge on any atom is -0.454 e. The molecule has 1 aliphatic heterocycles. The first-order chi connectivity index (χ1) is 31.5. The van der Waals surface area contributed by atoms with Gasteiger partial charge in [0, 0.05) is 45.2 Å². The van der Waals surface area contributed by atoms with E-state index in [1.54, 1.807) is 0 Å². The molecule has 12 rings (SSSR count). The van der Waals surface area contributed by atoms with Crippen molar-refractivity contribution in [1.29, 1.82) is 0 Å². The van der Waals surface area contributed by atoms with E-state index in [0.717, 1.165) is 67.5 Å². The summed E-state index contributed by atoms with van der Waals surface area (Å²) < 4.78 is 7.27. The van der Waals surface area contributed by atoms with E-state index < -0.39 is 0 Å². The van der Waals surface area contributed by atoms with E-state index in [1.165, 1.54) is 44.5 Å². The fourth-order valence-electron chi connectivity index (χ4n) is 10.1. The van der Waals surface area contributed by atoms with Crippen molar-refractivity contribution in [2.24, 2.45) is 0 Å². The van der Waals surface area contributed by atoms with E-state index in [0.29, 0.717) is 0 Å². The van der Waals surface area contributed by atoms with Gasteiger partial charge in [0.05, 0.1) is 11.4 Å². The lowest BCUT2D eigenvalue weighted by Gasteiger charge is -2.32. The molecule has 0 radical (unpaired) electrons. The quantitative estimate of drug-likeness (QED) is 0.152. The smallest absolute Gasteiger partial charge is 0.159 e. The van der Waals surface area contributed by atoms with Crippen molar-refractivity contribution in [1.82, 2.24) is 0 Å². The molecule has 0 atom stereocenters. The maximum Gasteiger partial charge on any atom is 0.159 e. The molecule has 0 unspecified atom stereocenters. The zero-order valence-electron chi connectivity index (χ0n) is 35.7. The number of nitrogens with zero attached hydrogens (tertiary/aromatic N) is 2. The molecule has 1 heterocycles. The average Bonchev–Trinajstić information content (AvgIpc) is 3.58. The first kappa shape index (κ1) is 37.6. The van der Waals surface area contributed by atoms with Gasteiger partial charge in [0.2, 0.25) is 0 Å². The summed E-state index contributed by atoms with van der Waals surface area (Å²) in [5.74, 6) is 1.66. The van der Waals surface area contributed by atoms with Crippen LogP contribution in [0.4, 0.5) is 34.1 Å². The Hall–Kier alpha value is -8.14. The Kier molecular flexibility index (Phi) is 8.84. The molecule has 3 heteroatoms. The molecule has 0 N–H and O–H groups in total. The largest absolute Gasteiger partial charge is 0.454 e. The zero-order chi connectivity index (χ0) is 42.8. The highest BCUT2D eigenvalue weighted by Gasteiger charge is 2.36. The molecule has 0 saturated heterocycles. The molecule has 2 aliphatic rings. The molecule has 0 amide bonds. The van der Waals surface area contributed by atoms with Crippen molar-refractivity contribution in [3.05, 3.63) is 242 Å². The summed E-state index contributed by atoms with van der Waals surface area (Å²) in [6.45, 7) is 4.68. The van der Waals surface area contributed by atoms with E-state index >= 15 is 0 Å². The third kappa shape index (κ3) is 6.20. The fraction of sp³-hybridized carbons (Fsp3) is 0.0492. The normalized spacial score (nSPS) is 12.8. The minimum absolute atomic E-state index is 0.0944. The van der Waals surface area contributed by atoms with Gasteiger partial charge in [-0.05, 0) is 116 Å². The maximum absolute atomic E-state index is 7.27. The van der Waals surface area contributed by atoms with Crippen LogP contribution in [0.1, 0.15) is 25.0 Å². The number of para-hydroxylation sites is 3. The molecule has 10 aromatic rings. The van der Waals surface area contributed by atoms with Crippen molar-refractivity contribution in [3.8, 4) is 56.0 Å². The summed E-state index contributed by atoms with van der Waals surface area (Å²) in [5.41, 5.74) is 18.5. The van der Waals surface area contributed by atoms with Gasteiger partial charge in [0.25, 0.3) is 0 Å².